The molecule has 3 aromatic carbocycles. The average Bonchev–Trinajstić information content (AvgIpc) is 3.03. The molecule has 0 aliphatic carbocycles. The molecule has 1 fully saturated rings. The summed E-state index contributed by atoms with van der Waals surface area (Å²) in [5, 5.41) is 3.45. The number of hydrazine groups is 1. The highest BCUT2D eigenvalue weighted by molar-refractivity contribution is 6.09. The van der Waals surface area contributed by atoms with E-state index < -0.39 is 23.4 Å². The molecule has 1 saturated heterocycles. The lowest BCUT2D eigenvalue weighted by Gasteiger charge is -2.21. The average molecular weight is 429 g/mol. The van der Waals surface area contributed by atoms with E-state index in [1.54, 1.807) is 31.2 Å². The number of para-hydroxylation sites is 1. The van der Waals surface area contributed by atoms with Gasteiger partial charge in [-0.3, -0.25) is 15.0 Å². The fourth-order valence-electron chi connectivity index (χ4n) is 3.46. The summed E-state index contributed by atoms with van der Waals surface area (Å²) in [5.41, 5.74) is 2.68. The molecule has 162 valence electrons. The van der Waals surface area contributed by atoms with Gasteiger partial charge in [0.2, 0.25) is 0 Å². The topological polar surface area (TPSA) is 87.7 Å². The molecule has 1 heterocycles. The van der Waals surface area contributed by atoms with Crippen molar-refractivity contribution in [2.45, 2.75) is 25.3 Å². The minimum atomic E-state index is -1.09. The molecule has 1 unspecified atom stereocenters. The maximum absolute atomic E-state index is 12.9. The number of hydrogen-bond acceptors (Lipinski definition) is 4. The Bertz CT molecular complexity index is 1120. The molecular weight excluding hydrogens is 406 g/mol. The number of nitrogens with one attached hydrogen (secondary N) is 2. The molecule has 3 aromatic rings. The van der Waals surface area contributed by atoms with E-state index in [-0.39, 0.29) is 0 Å². The molecule has 0 saturated carbocycles. The van der Waals surface area contributed by atoms with Gasteiger partial charge in [-0.1, -0.05) is 48.5 Å². The molecule has 4 amide bonds. The lowest BCUT2D eigenvalue weighted by Crippen LogP contribution is -2.48. The fraction of sp³-hybridized carbons (Fsp3) is 0.160. The second kappa shape index (κ2) is 8.93. The van der Waals surface area contributed by atoms with E-state index in [9.17, 15) is 14.4 Å². The maximum atomic E-state index is 12.9. The van der Waals surface area contributed by atoms with Gasteiger partial charge >= 0.3 is 6.03 Å². The SMILES string of the molecule is CC1(CCc2ccccc2)NC(=O)N(NC(=O)c2ccc(Oc3ccccc3)cc2)C1=O. The summed E-state index contributed by atoms with van der Waals surface area (Å²) < 4.78 is 5.71. The van der Waals surface area contributed by atoms with Crippen LogP contribution < -0.4 is 15.5 Å². The van der Waals surface area contributed by atoms with Crippen molar-refractivity contribution < 1.29 is 19.1 Å². The first-order chi connectivity index (χ1) is 15.4. The molecular formula is C25H23N3O4. The van der Waals surface area contributed by atoms with E-state index in [0.29, 0.717) is 29.9 Å². The van der Waals surface area contributed by atoms with Crippen LogP contribution in [0.5, 0.6) is 11.5 Å². The van der Waals surface area contributed by atoms with Crippen LogP contribution in [0.1, 0.15) is 29.3 Å². The van der Waals surface area contributed by atoms with Gasteiger partial charge in [0.05, 0.1) is 0 Å². The molecule has 0 bridgehead atoms. The Hall–Kier alpha value is -4.13. The third-order valence-corrected chi connectivity index (χ3v) is 5.33. The molecule has 0 aromatic heterocycles. The Morgan fingerprint density at radius 2 is 1.50 bits per heavy atom. The molecule has 4 rings (SSSR count). The van der Waals surface area contributed by atoms with Crippen LogP contribution in [0.3, 0.4) is 0 Å². The number of imide groups is 1. The van der Waals surface area contributed by atoms with Gasteiger partial charge in [0, 0.05) is 5.56 Å². The molecule has 32 heavy (non-hydrogen) atoms. The summed E-state index contributed by atoms with van der Waals surface area (Å²) in [4.78, 5) is 37.9. The first-order valence-corrected chi connectivity index (χ1v) is 10.3. The number of nitrogens with zero attached hydrogens (tertiary/aromatic N) is 1. The Kier molecular flexibility index (Phi) is 5.89. The van der Waals surface area contributed by atoms with Crippen LogP contribution in [-0.4, -0.2) is 28.4 Å². The molecule has 0 radical (unpaired) electrons. The van der Waals surface area contributed by atoms with Crippen LogP contribution in [0.25, 0.3) is 0 Å². The summed E-state index contributed by atoms with van der Waals surface area (Å²) in [6.45, 7) is 1.66. The van der Waals surface area contributed by atoms with Crippen molar-refractivity contribution in [3.8, 4) is 11.5 Å². The molecule has 7 heteroatoms. The number of ether oxygens (including phenoxy) is 1. The standard InChI is InChI=1S/C25H23N3O4/c1-25(17-16-18-8-4-2-5-9-18)23(30)28(24(31)26-25)27-22(29)19-12-14-21(15-13-19)32-20-10-6-3-7-11-20/h2-15H,16-17H2,1H3,(H,26,31)(H,27,29). The summed E-state index contributed by atoms with van der Waals surface area (Å²) in [7, 11) is 0. The van der Waals surface area contributed by atoms with Gasteiger partial charge in [0.25, 0.3) is 11.8 Å². The normalized spacial score (nSPS) is 17.7. The van der Waals surface area contributed by atoms with Crippen molar-refractivity contribution in [3.05, 3.63) is 96.1 Å². The van der Waals surface area contributed by atoms with Crippen LogP contribution in [0.4, 0.5) is 4.79 Å². The van der Waals surface area contributed by atoms with Crippen LogP contribution in [-0.2, 0) is 11.2 Å². The number of urea groups is 1. The van der Waals surface area contributed by atoms with Gasteiger partial charge in [0.1, 0.15) is 17.0 Å². The van der Waals surface area contributed by atoms with Gasteiger partial charge in [-0.05, 0) is 61.7 Å². The van der Waals surface area contributed by atoms with Gasteiger partial charge in [-0.25, -0.2) is 4.79 Å². The molecule has 0 spiro atoms. The van der Waals surface area contributed by atoms with E-state index in [1.165, 1.54) is 0 Å². The zero-order valence-electron chi connectivity index (χ0n) is 17.6. The zero-order chi connectivity index (χ0) is 22.6. The van der Waals surface area contributed by atoms with Crippen molar-refractivity contribution in [2.24, 2.45) is 0 Å². The summed E-state index contributed by atoms with van der Waals surface area (Å²) in [5.74, 6) is 0.193. The van der Waals surface area contributed by atoms with Gasteiger partial charge in [-0.15, -0.1) is 0 Å². The molecule has 1 aliphatic heterocycles. The number of hydrogen-bond donors (Lipinski definition) is 2. The highest BCUT2D eigenvalue weighted by atomic mass is 16.5. The number of aryl methyl sites for hydroxylation is 1. The lowest BCUT2D eigenvalue weighted by molar-refractivity contribution is -0.132. The molecule has 2 N–H and O–H groups in total. The van der Waals surface area contributed by atoms with E-state index in [2.05, 4.69) is 10.7 Å². The first kappa shape index (κ1) is 21.1. The van der Waals surface area contributed by atoms with E-state index in [4.69, 9.17) is 4.74 Å². The summed E-state index contributed by atoms with van der Waals surface area (Å²) in [6.07, 6.45) is 1.04. The van der Waals surface area contributed by atoms with Gasteiger partial charge in [0.15, 0.2) is 0 Å². The quantitative estimate of drug-likeness (QED) is 0.555. The number of amides is 4. The van der Waals surface area contributed by atoms with Gasteiger partial charge in [-0.2, -0.15) is 5.01 Å². The van der Waals surface area contributed by atoms with E-state index >= 15 is 0 Å². The Balaban J connectivity index is 1.38. The van der Waals surface area contributed by atoms with Crippen molar-refractivity contribution >= 4 is 17.8 Å². The first-order valence-electron chi connectivity index (χ1n) is 10.3. The third-order valence-electron chi connectivity index (χ3n) is 5.33. The molecule has 7 nitrogen and oxygen atoms in total. The zero-order valence-corrected chi connectivity index (χ0v) is 17.6. The van der Waals surface area contributed by atoms with Gasteiger partial charge < -0.3 is 10.1 Å². The Labute approximate surface area is 186 Å². The second-order valence-electron chi connectivity index (χ2n) is 7.77. The van der Waals surface area contributed by atoms with E-state index in [0.717, 1.165) is 10.6 Å². The van der Waals surface area contributed by atoms with Crippen molar-refractivity contribution in [2.75, 3.05) is 0 Å². The largest absolute Gasteiger partial charge is 0.457 e. The highest BCUT2D eigenvalue weighted by Crippen LogP contribution is 2.23. The van der Waals surface area contributed by atoms with Crippen molar-refractivity contribution in [1.82, 2.24) is 15.8 Å². The van der Waals surface area contributed by atoms with Crippen LogP contribution in [0.2, 0.25) is 0 Å². The summed E-state index contributed by atoms with van der Waals surface area (Å²) in [6, 6.07) is 24.8. The Morgan fingerprint density at radius 1 is 0.906 bits per heavy atom. The van der Waals surface area contributed by atoms with E-state index in [1.807, 2.05) is 60.7 Å². The minimum absolute atomic E-state index is 0.295. The van der Waals surface area contributed by atoms with Crippen LogP contribution in [0, 0.1) is 0 Å². The second-order valence-corrected chi connectivity index (χ2v) is 7.77. The van der Waals surface area contributed by atoms with Crippen LogP contribution in [0.15, 0.2) is 84.9 Å². The van der Waals surface area contributed by atoms with Crippen molar-refractivity contribution in [1.29, 1.82) is 0 Å². The number of rotatable bonds is 7. The minimum Gasteiger partial charge on any atom is -0.457 e. The van der Waals surface area contributed by atoms with Crippen LogP contribution >= 0.6 is 0 Å². The monoisotopic (exact) mass is 429 g/mol. The Morgan fingerprint density at radius 3 is 2.16 bits per heavy atom. The predicted octanol–water partition coefficient (Wildman–Crippen LogP) is 4.07. The summed E-state index contributed by atoms with van der Waals surface area (Å²) >= 11 is 0. The predicted molar refractivity (Wildman–Crippen MR) is 119 cm³/mol. The fourth-order valence-corrected chi connectivity index (χ4v) is 3.46. The number of benzene rings is 3. The lowest BCUT2D eigenvalue weighted by atomic mass is 9.93. The third kappa shape index (κ3) is 4.62. The van der Waals surface area contributed by atoms with Crippen molar-refractivity contribution in [3.63, 3.8) is 0 Å². The highest BCUT2D eigenvalue weighted by Gasteiger charge is 2.48. The number of carbonyl (C=O) groups is 3. The molecule has 1 aliphatic rings. The number of carbonyl (C=O) groups excluding carboxylic acids is 3. The smallest absolute Gasteiger partial charge is 0.344 e. The molecule has 1 atom stereocenters. The maximum Gasteiger partial charge on any atom is 0.344 e.